The van der Waals surface area contributed by atoms with Gasteiger partial charge in [0.1, 0.15) is 5.75 Å². The highest BCUT2D eigenvalue weighted by atomic mass is 16.5. The topological polar surface area (TPSA) is 59.7 Å². The van der Waals surface area contributed by atoms with Crippen LogP contribution in [0.5, 0.6) is 5.75 Å². The molecule has 134 valence electrons. The van der Waals surface area contributed by atoms with Crippen molar-refractivity contribution in [3.63, 3.8) is 0 Å². The van der Waals surface area contributed by atoms with Gasteiger partial charge in [0.2, 0.25) is 5.91 Å². The summed E-state index contributed by atoms with van der Waals surface area (Å²) >= 11 is 0. The molecule has 0 N–H and O–H groups in total. The Morgan fingerprint density at radius 3 is 3.00 bits per heavy atom. The number of carbonyl (C=O) groups is 1. The summed E-state index contributed by atoms with van der Waals surface area (Å²) in [5.41, 5.74) is 2.67. The highest BCUT2D eigenvalue weighted by Crippen LogP contribution is 2.31. The second-order valence-corrected chi connectivity index (χ2v) is 6.57. The third-order valence-corrected chi connectivity index (χ3v) is 4.98. The fourth-order valence-corrected chi connectivity index (χ4v) is 3.66. The number of methoxy groups -OCH3 is 1. The molecule has 26 heavy (non-hydrogen) atoms. The second-order valence-electron chi connectivity index (χ2n) is 6.57. The molecule has 1 saturated heterocycles. The molecule has 1 amide bonds. The van der Waals surface area contributed by atoms with Crippen molar-refractivity contribution >= 4 is 11.6 Å². The van der Waals surface area contributed by atoms with Crippen LogP contribution in [0.15, 0.2) is 48.8 Å². The van der Waals surface area contributed by atoms with Gasteiger partial charge in [-0.05, 0) is 31.4 Å². The summed E-state index contributed by atoms with van der Waals surface area (Å²) in [5.74, 6) is 0.877. The summed E-state index contributed by atoms with van der Waals surface area (Å²) in [4.78, 5) is 19.7. The van der Waals surface area contributed by atoms with Gasteiger partial charge in [0.15, 0.2) is 5.65 Å². The molecule has 1 aromatic carbocycles. The van der Waals surface area contributed by atoms with Crippen LogP contribution in [-0.4, -0.2) is 39.1 Å². The predicted octanol–water partition coefficient (Wildman–Crippen LogP) is 3.03. The number of fused-ring (bicyclic) bond motifs is 1. The number of likely N-dealkylation sites (tertiary alicyclic amines) is 1. The van der Waals surface area contributed by atoms with E-state index in [9.17, 15) is 4.79 Å². The lowest BCUT2D eigenvalue weighted by atomic mass is 9.98. The molecule has 1 aliphatic rings. The van der Waals surface area contributed by atoms with Crippen molar-refractivity contribution in [1.82, 2.24) is 19.5 Å². The SMILES string of the molecule is COc1ccccc1CC(=O)N1CCCC[C@H]1c1ccn2nccc2n1. The molecule has 6 nitrogen and oxygen atoms in total. The van der Waals surface area contributed by atoms with Crippen LogP contribution in [0.2, 0.25) is 0 Å². The Morgan fingerprint density at radius 2 is 2.12 bits per heavy atom. The summed E-state index contributed by atoms with van der Waals surface area (Å²) < 4.78 is 7.13. The van der Waals surface area contributed by atoms with E-state index in [0.29, 0.717) is 6.42 Å². The van der Waals surface area contributed by atoms with Gasteiger partial charge >= 0.3 is 0 Å². The summed E-state index contributed by atoms with van der Waals surface area (Å²) in [5, 5.41) is 4.19. The zero-order valence-electron chi connectivity index (χ0n) is 14.8. The minimum Gasteiger partial charge on any atom is -0.496 e. The van der Waals surface area contributed by atoms with E-state index in [1.807, 2.05) is 47.5 Å². The first-order valence-electron chi connectivity index (χ1n) is 8.98. The van der Waals surface area contributed by atoms with Gasteiger partial charge in [0.25, 0.3) is 0 Å². The maximum absolute atomic E-state index is 13.1. The Kier molecular flexibility index (Phi) is 4.56. The van der Waals surface area contributed by atoms with Crippen LogP contribution in [0, 0.1) is 0 Å². The first-order valence-corrected chi connectivity index (χ1v) is 8.98. The first-order chi connectivity index (χ1) is 12.8. The Balaban J connectivity index is 1.59. The smallest absolute Gasteiger partial charge is 0.227 e. The van der Waals surface area contributed by atoms with Gasteiger partial charge < -0.3 is 9.64 Å². The Bertz CT molecular complexity index is 921. The number of amides is 1. The number of carbonyl (C=O) groups excluding carboxylic acids is 1. The van der Waals surface area contributed by atoms with Crippen LogP contribution in [0.1, 0.15) is 36.6 Å². The van der Waals surface area contributed by atoms with Crippen molar-refractivity contribution < 1.29 is 9.53 Å². The van der Waals surface area contributed by atoms with Crippen molar-refractivity contribution in [1.29, 1.82) is 0 Å². The second kappa shape index (κ2) is 7.15. The molecule has 0 aliphatic carbocycles. The number of hydrogen-bond donors (Lipinski definition) is 0. The molecular weight excluding hydrogens is 328 g/mol. The van der Waals surface area contributed by atoms with E-state index in [4.69, 9.17) is 9.72 Å². The van der Waals surface area contributed by atoms with Crippen molar-refractivity contribution in [3.8, 4) is 5.75 Å². The summed E-state index contributed by atoms with van der Waals surface area (Å²) in [7, 11) is 1.64. The largest absolute Gasteiger partial charge is 0.496 e. The quantitative estimate of drug-likeness (QED) is 0.726. The zero-order chi connectivity index (χ0) is 17.9. The highest BCUT2D eigenvalue weighted by Gasteiger charge is 2.29. The monoisotopic (exact) mass is 350 g/mol. The Labute approximate surface area is 152 Å². The van der Waals surface area contributed by atoms with E-state index in [1.165, 1.54) is 0 Å². The van der Waals surface area contributed by atoms with E-state index in [-0.39, 0.29) is 11.9 Å². The normalized spacial score (nSPS) is 17.4. The number of benzene rings is 1. The fourth-order valence-electron chi connectivity index (χ4n) is 3.66. The number of rotatable bonds is 4. The van der Waals surface area contributed by atoms with E-state index in [0.717, 1.165) is 48.5 Å². The Morgan fingerprint density at radius 1 is 1.23 bits per heavy atom. The lowest BCUT2D eigenvalue weighted by molar-refractivity contribution is -0.134. The van der Waals surface area contributed by atoms with Gasteiger partial charge in [-0.1, -0.05) is 18.2 Å². The fraction of sp³-hybridized carbons (Fsp3) is 0.350. The van der Waals surface area contributed by atoms with Crippen molar-refractivity contribution in [2.24, 2.45) is 0 Å². The molecule has 0 spiro atoms. The molecule has 3 heterocycles. The Hall–Kier alpha value is -2.89. The van der Waals surface area contributed by atoms with Gasteiger partial charge in [0.05, 0.1) is 31.5 Å². The van der Waals surface area contributed by atoms with Crippen molar-refractivity contribution in [3.05, 3.63) is 60.0 Å². The molecular formula is C20H22N4O2. The van der Waals surface area contributed by atoms with Crippen LogP contribution in [-0.2, 0) is 11.2 Å². The molecule has 1 fully saturated rings. The molecule has 3 aromatic rings. The predicted molar refractivity (Wildman–Crippen MR) is 98.0 cm³/mol. The van der Waals surface area contributed by atoms with Gasteiger partial charge in [-0.25, -0.2) is 9.50 Å². The van der Waals surface area contributed by atoms with Gasteiger partial charge in [-0.2, -0.15) is 5.10 Å². The highest BCUT2D eigenvalue weighted by molar-refractivity contribution is 5.80. The molecule has 6 heteroatoms. The number of para-hydroxylation sites is 1. The summed E-state index contributed by atoms with van der Waals surface area (Å²) in [6, 6.07) is 11.6. The lowest BCUT2D eigenvalue weighted by Crippen LogP contribution is -2.39. The molecule has 0 saturated carbocycles. The van der Waals surface area contributed by atoms with Gasteiger partial charge in [-0.3, -0.25) is 4.79 Å². The maximum atomic E-state index is 13.1. The number of hydrogen-bond acceptors (Lipinski definition) is 4. The summed E-state index contributed by atoms with van der Waals surface area (Å²) in [6.07, 6.45) is 7.06. The average molecular weight is 350 g/mol. The molecule has 2 aromatic heterocycles. The number of nitrogens with zero attached hydrogens (tertiary/aromatic N) is 4. The first kappa shape index (κ1) is 16.6. The van der Waals surface area contributed by atoms with Crippen molar-refractivity contribution in [2.75, 3.05) is 13.7 Å². The van der Waals surface area contributed by atoms with Crippen LogP contribution in [0.3, 0.4) is 0 Å². The van der Waals surface area contributed by atoms with E-state index >= 15 is 0 Å². The molecule has 0 radical (unpaired) electrons. The van der Waals surface area contributed by atoms with E-state index in [2.05, 4.69) is 5.10 Å². The third kappa shape index (κ3) is 3.14. The number of piperidine rings is 1. The van der Waals surface area contributed by atoms with Crippen LogP contribution in [0.4, 0.5) is 0 Å². The molecule has 0 bridgehead atoms. The minimum absolute atomic E-state index is 0.0193. The number of aromatic nitrogens is 3. The molecule has 4 rings (SSSR count). The minimum atomic E-state index is 0.0193. The molecule has 1 atom stereocenters. The third-order valence-electron chi connectivity index (χ3n) is 4.98. The van der Waals surface area contributed by atoms with Gasteiger partial charge in [0, 0.05) is 24.4 Å². The lowest BCUT2D eigenvalue weighted by Gasteiger charge is -2.35. The van der Waals surface area contributed by atoms with Crippen molar-refractivity contribution in [2.45, 2.75) is 31.7 Å². The van der Waals surface area contributed by atoms with Crippen LogP contribution in [0.25, 0.3) is 5.65 Å². The average Bonchev–Trinajstić information content (AvgIpc) is 3.16. The summed E-state index contributed by atoms with van der Waals surface area (Å²) in [6.45, 7) is 0.769. The standard InChI is InChI=1S/C20H22N4O2/c1-26-18-8-3-2-6-15(18)14-20(25)23-12-5-4-7-17(23)16-10-13-24-19(22-16)9-11-21-24/h2-3,6,8-11,13,17H,4-5,7,12,14H2,1H3/t17-/m0/s1. The maximum Gasteiger partial charge on any atom is 0.227 e. The van der Waals surface area contributed by atoms with Crippen LogP contribution >= 0.6 is 0 Å². The van der Waals surface area contributed by atoms with Crippen LogP contribution < -0.4 is 4.74 Å². The number of ether oxygens (including phenoxy) is 1. The molecule has 1 aliphatic heterocycles. The van der Waals surface area contributed by atoms with E-state index in [1.54, 1.807) is 17.8 Å². The molecule has 0 unspecified atom stereocenters. The van der Waals surface area contributed by atoms with E-state index < -0.39 is 0 Å². The van der Waals surface area contributed by atoms with Gasteiger partial charge in [-0.15, -0.1) is 0 Å². The zero-order valence-corrected chi connectivity index (χ0v) is 14.8.